The minimum absolute atomic E-state index is 0.905. The van der Waals surface area contributed by atoms with E-state index in [4.69, 9.17) is 9.98 Å². The summed E-state index contributed by atoms with van der Waals surface area (Å²) in [6.07, 6.45) is 3.85. The van der Waals surface area contributed by atoms with Gasteiger partial charge in [0.25, 0.3) is 0 Å². The lowest BCUT2D eigenvalue weighted by molar-refractivity contribution is 1.29. The lowest BCUT2D eigenvalue weighted by Gasteiger charge is -2.28. The molecule has 0 spiro atoms. The van der Waals surface area contributed by atoms with Crippen LogP contribution >= 0.6 is 0 Å². The van der Waals surface area contributed by atoms with Crippen LogP contribution < -0.4 is 9.80 Å². The van der Waals surface area contributed by atoms with Gasteiger partial charge in [-0.05, 0) is 185 Å². The first kappa shape index (κ1) is 44.5. The summed E-state index contributed by atoms with van der Waals surface area (Å²) in [5.41, 5.74) is 12.8. The molecule has 14 rings (SSSR count). The Bertz CT molecular complexity index is 4410. The number of anilines is 6. The quantitative estimate of drug-likeness (QED) is 0.0955. The zero-order valence-corrected chi connectivity index (χ0v) is 41.5. The molecule has 14 aromatic rings. The van der Waals surface area contributed by atoms with Gasteiger partial charge in [0.15, 0.2) is 0 Å². The molecule has 0 aliphatic heterocycles. The van der Waals surface area contributed by atoms with Crippen LogP contribution in [0, 0.1) is 0 Å². The summed E-state index contributed by atoms with van der Waals surface area (Å²) in [5.74, 6) is 0. The fourth-order valence-corrected chi connectivity index (χ4v) is 11.2. The second kappa shape index (κ2) is 19.0. The maximum Gasteiger partial charge on any atom is 0.0631 e. The fourth-order valence-electron chi connectivity index (χ4n) is 11.2. The minimum Gasteiger partial charge on any atom is -0.310 e. The first-order valence-electron chi connectivity index (χ1n) is 25.9. The molecule has 0 aromatic heterocycles. The smallest absolute Gasteiger partial charge is 0.0631 e. The van der Waals surface area contributed by atoms with E-state index in [1.807, 2.05) is 61.0 Å². The molecule has 0 heterocycles. The van der Waals surface area contributed by atoms with Crippen LogP contribution in [0.3, 0.4) is 0 Å². The summed E-state index contributed by atoms with van der Waals surface area (Å²) in [7, 11) is 0. The van der Waals surface area contributed by atoms with Crippen LogP contribution in [0.4, 0.5) is 45.5 Å². The summed E-state index contributed by atoms with van der Waals surface area (Å²) in [6.45, 7) is 0. The third kappa shape index (κ3) is 8.15. The Balaban J connectivity index is 0.898. The van der Waals surface area contributed by atoms with Crippen LogP contribution in [-0.2, 0) is 0 Å². The van der Waals surface area contributed by atoms with E-state index < -0.39 is 0 Å². The number of para-hydroxylation sites is 3. The van der Waals surface area contributed by atoms with Gasteiger partial charge in [-0.25, -0.2) is 0 Å². The monoisotopic (exact) mass is 968 g/mol. The van der Waals surface area contributed by atoms with Gasteiger partial charge in [0, 0.05) is 46.3 Å². The summed E-state index contributed by atoms with van der Waals surface area (Å²) in [4.78, 5) is 14.3. The average Bonchev–Trinajstić information content (AvgIpc) is 3.51. The molecule has 0 unspecified atom stereocenters. The number of hydrogen-bond acceptors (Lipinski definition) is 4. The predicted molar refractivity (Wildman–Crippen MR) is 325 cm³/mol. The van der Waals surface area contributed by atoms with Gasteiger partial charge in [-0.15, -0.1) is 0 Å². The minimum atomic E-state index is 0.905. The van der Waals surface area contributed by atoms with Gasteiger partial charge in [0.1, 0.15) is 0 Å². The number of benzene rings is 14. The first-order chi connectivity index (χ1) is 37.7. The average molecular weight is 969 g/mol. The van der Waals surface area contributed by atoms with Crippen molar-refractivity contribution < 1.29 is 0 Å². The second-order valence-corrected chi connectivity index (χ2v) is 19.4. The first-order valence-corrected chi connectivity index (χ1v) is 25.9. The Hall–Kier alpha value is -10.2. The highest BCUT2D eigenvalue weighted by atomic mass is 15.1. The summed E-state index contributed by atoms with van der Waals surface area (Å²) < 4.78 is 0. The van der Waals surface area contributed by atoms with Crippen molar-refractivity contribution in [2.45, 2.75) is 0 Å². The highest BCUT2D eigenvalue weighted by molar-refractivity contribution is 6.27. The van der Waals surface area contributed by atoms with Crippen molar-refractivity contribution >= 4 is 123 Å². The van der Waals surface area contributed by atoms with Crippen molar-refractivity contribution in [2.75, 3.05) is 9.80 Å². The van der Waals surface area contributed by atoms with E-state index in [-0.39, 0.29) is 0 Å². The number of rotatable bonds is 11. The van der Waals surface area contributed by atoms with Crippen LogP contribution in [0.2, 0.25) is 0 Å². The fraction of sp³-hybridized carbons (Fsp3) is 0. The third-order valence-corrected chi connectivity index (χ3v) is 14.8. The molecule has 0 saturated carbocycles. The SMILES string of the molecule is C(=Nc1ccccc1)c1ccc(N(c2ccccc2)c2ccc(-c3cc4ccc5cc(N(c6ccccc6)c6ccc(N=Cc7ccccc7)cc6)cc6ccc(c3)c4c56)c3c2ccc2c4ccccc4ccc23)cc1. The van der Waals surface area contributed by atoms with Crippen molar-refractivity contribution in [2.24, 2.45) is 9.98 Å². The molecule has 0 radical (unpaired) electrons. The maximum atomic E-state index is 4.78. The zero-order chi connectivity index (χ0) is 50.4. The molecule has 0 bridgehead atoms. The molecule has 0 N–H and O–H groups in total. The lowest BCUT2D eigenvalue weighted by Crippen LogP contribution is -2.10. The molecule has 0 aliphatic rings. The standard InChI is InChI=1S/C72H48N4/c1-5-15-49(16-6-1)47-74-58-32-36-61(37-33-58)75(59-20-9-3-10-21-59)63-45-54-29-27-52-43-56(44-53-28-30-55(46-63)71(54)70(52)53)65-41-42-69(68-40-39-66-64-24-14-13-17-51(64)31-38-67(66)72(65)68)76(60-22-11-4-12-23-60)62-34-25-50(26-35-62)48-73-57-18-7-2-8-19-57/h1-48H. The van der Waals surface area contributed by atoms with Crippen LogP contribution in [0.1, 0.15) is 11.1 Å². The largest absolute Gasteiger partial charge is 0.310 e. The van der Waals surface area contributed by atoms with Crippen molar-refractivity contribution in [3.8, 4) is 11.1 Å². The van der Waals surface area contributed by atoms with Crippen LogP contribution in [-0.4, -0.2) is 12.4 Å². The molecule has 356 valence electrons. The van der Waals surface area contributed by atoms with Crippen molar-refractivity contribution in [1.82, 2.24) is 0 Å². The molecule has 76 heavy (non-hydrogen) atoms. The molecule has 0 aliphatic carbocycles. The molecule has 0 amide bonds. The molecule has 4 heteroatoms. The highest BCUT2D eigenvalue weighted by Crippen LogP contribution is 2.48. The molecule has 0 fully saturated rings. The second-order valence-electron chi connectivity index (χ2n) is 19.4. The molecular formula is C72H48N4. The Kier molecular flexibility index (Phi) is 11.2. The Morgan fingerprint density at radius 2 is 0.724 bits per heavy atom. The third-order valence-electron chi connectivity index (χ3n) is 14.8. The van der Waals surface area contributed by atoms with E-state index in [9.17, 15) is 0 Å². The van der Waals surface area contributed by atoms with E-state index in [0.717, 1.165) is 56.6 Å². The Morgan fingerprint density at radius 3 is 1.37 bits per heavy atom. The van der Waals surface area contributed by atoms with E-state index in [2.05, 4.69) is 240 Å². The highest BCUT2D eigenvalue weighted by Gasteiger charge is 2.22. The van der Waals surface area contributed by atoms with Crippen molar-refractivity contribution in [3.63, 3.8) is 0 Å². The Morgan fingerprint density at radius 1 is 0.263 bits per heavy atom. The maximum absolute atomic E-state index is 4.78. The van der Waals surface area contributed by atoms with Gasteiger partial charge in [-0.3, -0.25) is 9.98 Å². The van der Waals surface area contributed by atoms with E-state index in [0.29, 0.717) is 0 Å². The topological polar surface area (TPSA) is 31.2 Å². The molecule has 14 aromatic carbocycles. The number of nitrogens with zero attached hydrogens (tertiary/aromatic N) is 4. The van der Waals surface area contributed by atoms with Gasteiger partial charge in [0.2, 0.25) is 0 Å². The summed E-state index contributed by atoms with van der Waals surface area (Å²) in [6, 6.07) is 100. The lowest BCUT2D eigenvalue weighted by atomic mass is 9.87. The number of hydrogen-bond donors (Lipinski definition) is 0. The van der Waals surface area contributed by atoms with Gasteiger partial charge in [0.05, 0.1) is 17.1 Å². The number of aliphatic imine (C=N–C) groups is 2. The molecule has 4 nitrogen and oxygen atoms in total. The van der Waals surface area contributed by atoms with Gasteiger partial charge in [-0.2, -0.15) is 0 Å². The normalized spacial score (nSPS) is 11.8. The number of fused-ring (bicyclic) bond motifs is 5. The van der Waals surface area contributed by atoms with Crippen LogP contribution in [0.5, 0.6) is 0 Å². The Labute approximate surface area is 441 Å². The van der Waals surface area contributed by atoms with Gasteiger partial charge < -0.3 is 9.80 Å². The summed E-state index contributed by atoms with van der Waals surface area (Å²) >= 11 is 0. The van der Waals surface area contributed by atoms with Gasteiger partial charge in [-0.1, -0.05) is 176 Å². The summed E-state index contributed by atoms with van der Waals surface area (Å²) in [5, 5.41) is 14.7. The van der Waals surface area contributed by atoms with Crippen LogP contribution in [0.15, 0.2) is 289 Å². The predicted octanol–water partition coefficient (Wildman–Crippen LogP) is 20.2. The van der Waals surface area contributed by atoms with E-state index in [1.54, 1.807) is 0 Å². The zero-order valence-electron chi connectivity index (χ0n) is 41.5. The van der Waals surface area contributed by atoms with Crippen LogP contribution in [0.25, 0.3) is 75.8 Å². The van der Waals surface area contributed by atoms with E-state index in [1.165, 1.54) is 75.8 Å². The molecule has 0 saturated heterocycles. The van der Waals surface area contributed by atoms with Gasteiger partial charge >= 0.3 is 0 Å². The molecule has 0 atom stereocenters. The van der Waals surface area contributed by atoms with Crippen molar-refractivity contribution in [1.29, 1.82) is 0 Å². The van der Waals surface area contributed by atoms with Crippen molar-refractivity contribution in [3.05, 3.63) is 290 Å². The molecular weight excluding hydrogens is 921 g/mol. The van der Waals surface area contributed by atoms with E-state index >= 15 is 0 Å².